The lowest BCUT2D eigenvalue weighted by molar-refractivity contribution is 0.409. The van der Waals surface area contributed by atoms with Gasteiger partial charge in [0, 0.05) is 18.7 Å². The Morgan fingerprint density at radius 1 is 1.57 bits per heavy atom. The van der Waals surface area contributed by atoms with Crippen molar-refractivity contribution < 1.29 is 0 Å². The SMILES string of the molecule is Cc1nc(C2CCN(C)C2)ncc1I. The van der Waals surface area contributed by atoms with Gasteiger partial charge in [-0.1, -0.05) is 0 Å². The van der Waals surface area contributed by atoms with Gasteiger partial charge in [0.1, 0.15) is 5.82 Å². The molecule has 1 fully saturated rings. The number of aromatic nitrogens is 2. The lowest BCUT2D eigenvalue weighted by Crippen LogP contribution is -2.14. The average molecular weight is 303 g/mol. The Labute approximate surface area is 98.1 Å². The molecular formula is C10H14IN3. The third-order valence-corrected chi connectivity index (χ3v) is 3.75. The van der Waals surface area contributed by atoms with Crippen LogP contribution >= 0.6 is 22.6 Å². The Hall–Kier alpha value is -0.230. The number of rotatable bonds is 1. The number of halogens is 1. The van der Waals surface area contributed by atoms with Gasteiger partial charge in [-0.15, -0.1) is 0 Å². The van der Waals surface area contributed by atoms with Gasteiger partial charge in [0.15, 0.2) is 0 Å². The molecule has 1 aliphatic heterocycles. The number of nitrogens with zero attached hydrogens (tertiary/aromatic N) is 3. The molecule has 0 aliphatic carbocycles. The minimum Gasteiger partial charge on any atom is -0.306 e. The molecule has 0 saturated carbocycles. The number of aryl methyl sites for hydroxylation is 1. The molecule has 0 N–H and O–H groups in total. The van der Waals surface area contributed by atoms with Crippen LogP contribution in [0.15, 0.2) is 6.20 Å². The molecule has 1 unspecified atom stereocenters. The van der Waals surface area contributed by atoms with Crippen LogP contribution < -0.4 is 0 Å². The standard InChI is InChI=1S/C10H14IN3/c1-7-9(11)5-12-10(13-7)8-3-4-14(2)6-8/h5,8H,3-4,6H2,1-2H3. The summed E-state index contributed by atoms with van der Waals surface area (Å²) in [6.07, 6.45) is 3.12. The summed E-state index contributed by atoms with van der Waals surface area (Å²) in [5, 5.41) is 0. The van der Waals surface area contributed by atoms with Crippen LogP contribution in [-0.4, -0.2) is 35.0 Å². The molecule has 3 nitrogen and oxygen atoms in total. The summed E-state index contributed by atoms with van der Waals surface area (Å²) in [5.41, 5.74) is 1.10. The zero-order valence-corrected chi connectivity index (χ0v) is 10.7. The van der Waals surface area contributed by atoms with Crippen molar-refractivity contribution in [2.45, 2.75) is 19.3 Å². The lowest BCUT2D eigenvalue weighted by Gasteiger charge is -2.09. The second-order valence-corrected chi connectivity index (χ2v) is 5.07. The maximum absolute atomic E-state index is 4.54. The summed E-state index contributed by atoms with van der Waals surface area (Å²) in [6, 6.07) is 0. The van der Waals surface area contributed by atoms with Crippen LogP contribution in [0.4, 0.5) is 0 Å². The summed E-state index contributed by atoms with van der Waals surface area (Å²) in [5.74, 6) is 1.56. The fraction of sp³-hybridized carbons (Fsp3) is 0.600. The molecule has 2 heterocycles. The quantitative estimate of drug-likeness (QED) is 0.741. The third kappa shape index (κ3) is 2.06. The molecular weight excluding hydrogens is 289 g/mol. The van der Waals surface area contributed by atoms with Gasteiger partial charge in [-0.25, -0.2) is 9.97 Å². The first-order chi connectivity index (χ1) is 6.66. The number of likely N-dealkylation sites (tertiary alicyclic amines) is 1. The molecule has 0 spiro atoms. The number of hydrogen-bond acceptors (Lipinski definition) is 3. The van der Waals surface area contributed by atoms with Gasteiger partial charge in [-0.3, -0.25) is 0 Å². The van der Waals surface area contributed by atoms with Crippen molar-refractivity contribution in [3.05, 3.63) is 21.3 Å². The predicted molar refractivity (Wildman–Crippen MR) is 64.3 cm³/mol. The molecule has 1 aliphatic rings. The van der Waals surface area contributed by atoms with E-state index >= 15 is 0 Å². The van der Waals surface area contributed by atoms with Gasteiger partial charge >= 0.3 is 0 Å². The summed E-state index contributed by atoms with van der Waals surface area (Å²) in [7, 11) is 2.15. The summed E-state index contributed by atoms with van der Waals surface area (Å²) in [6.45, 7) is 4.31. The Morgan fingerprint density at radius 3 is 2.93 bits per heavy atom. The van der Waals surface area contributed by atoms with E-state index in [1.54, 1.807) is 0 Å². The molecule has 14 heavy (non-hydrogen) atoms. The summed E-state index contributed by atoms with van der Waals surface area (Å²) in [4.78, 5) is 11.3. The van der Waals surface area contributed by atoms with E-state index in [1.165, 1.54) is 13.0 Å². The van der Waals surface area contributed by atoms with E-state index in [-0.39, 0.29) is 0 Å². The fourth-order valence-electron chi connectivity index (χ4n) is 1.81. The molecule has 0 radical (unpaired) electrons. The topological polar surface area (TPSA) is 29.0 Å². The van der Waals surface area contributed by atoms with Gasteiger partial charge in [0.2, 0.25) is 0 Å². The van der Waals surface area contributed by atoms with E-state index in [1.807, 2.05) is 13.1 Å². The molecule has 4 heteroatoms. The molecule has 1 atom stereocenters. The molecule has 0 amide bonds. The van der Waals surface area contributed by atoms with Crippen LogP contribution in [0.1, 0.15) is 23.9 Å². The van der Waals surface area contributed by atoms with Crippen molar-refractivity contribution in [1.29, 1.82) is 0 Å². The monoisotopic (exact) mass is 303 g/mol. The van der Waals surface area contributed by atoms with Crippen LogP contribution in [0.2, 0.25) is 0 Å². The Bertz CT molecular complexity index is 340. The second-order valence-electron chi connectivity index (χ2n) is 3.91. The van der Waals surface area contributed by atoms with Crippen molar-refractivity contribution in [1.82, 2.24) is 14.9 Å². The van der Waals surface area contributed by atoms with E-state index in [0.29, 0.717) is 5.92 Å². The molecule has 0 aromatic carbocycles. The van der Waals surface area contributed by atoms with Gasteiger partial charge in [0.25, 0.3) is 0 Å². The Balaban J connectivity index is 2.20. The zero-order valence-electron chi connectivity index (χ0n) is 8.50. The first kappa shape index (κ1) is 10.3. The van der Waals surface area contributed by atoms with Crippen molar-refractivity contribution in [3.63, 3.8) is 0 Å². The number of hydrogen-bond donors (Lipinski definition) is 0. The van der Waals surface area contributed by atoms with E-state index in [2.05, 4.69) is 44.5 Å². The zero-order chi connectivity index (χ0) is 10.1. The highest BCUT2D eigenvalue weighted by atomic mass is 127. The van der Waals surface area contributed by atoms with E-state index in [4.69, 9.17) is 0 Å². The summed E-state index contributed by atoms with van der Waals surface area (Å²) < 4.78 is 1.15. The molecule has 1 saturated heterocycles. The molecule has 0 bridgehead atoms. The van der Waals surface area contributed by atoms with Gasteiger partial charge in [0.05, 0.1) is 9.26 Å². The average Bonchev–Trinajstić information content (AvgIpc) is 2.57. The fourth-order valence-corrected chi connectivity index (χ4v) is 2.07. The van der Waals surface area contributed by atoms with Crippen molar-refractivity contribution in [2.24, 2.45) is 0 Å². The highest BCUT2D eigenvalue weighted by Crippen LogP contribution is 2.23. The van der Waals surface area contributed by atoms with Crippen LogP contribution in [-0.2, 0) is 0 Å². The Kier molecular flexibility index (Phi) is 3.02. The van der Waals surface area contributed by atoms with E-state index in [0.717, 1.165) is 21.6 Å². The predicted octanol–water partition coefficient (Wildman–Crippen LogP) is 1.81. The van der Waals surface area contributed by atoms with Gasteiger partial charge < -0.3 is 4.90 Å². The first-order valence-electron chi connectivity index (χ1n) is 4.84. The van der Waals surface area contributed by atoms with Crippen molar-refractivity contribution in [3.8, 4) is 0 Å². The highest BCUT2D eigenvalue weighted by Gasteiger charge is 2.23. The minimum absolute atomic E-state index is 0.538. The lowest BCUT2D eigenvalue weighted by atomic mass is 10.1. The maximum atomic E-state index is 4.54. The first-order valence-corrected chi connectivity index (χ1v) is 5.92. The highest BCUT2D eigenvalue weighted by molar-refractivity contribution is 14.1. The van der Waals surface area contributed by atoms with Gasteiger partial charge in [-0.2, -0.15) is 0 Å². The van der Waals surface area contributed by atoms with E-state index < -0.39 is 0 Å². The molecule has 76 valence electrons. The van der Waals surface area contributed by atoms with Crippen LogP contribution in [0.5, 0.6) is 0 Å². The van der Waals surface area contributed by atoms with Crippen LogP contribution in [0, 0.1) is 10.5 Å². The molecule has 1 aromatic heterocycles. The normalized spacial score (nSPS) is 22.9. The van der Waals surface area contributed by atoms with Crippen molar-refractivity contribution in [2.75, 3.05) is 20.1 Å². The van der Waals surface area contributed by atoms with Crippen molar-refractivity contribution >= 4 is 22.6 Å². The third-order valence-electron chi connectivity index (χ3n) is 2.69. The Morgan fingerprint density at radius 2 is 2.36 bits per heavy atom. The molecule has 1 aromatic rings. The largest absolute Gasteiger partial charge is 0.306 e. The molecule has 2 rings (SSSR count). The van der Waals surface area contributed by atoms with Crippen LogP contribution in [0.3, 0.4) is 0 Å². The van der Waals surface area contributed by atoms with E-state index in [9.17, 15) is 0 Å². The second kappa shape index (κ2) is 4.10. The van der Waals surface area contributed by atoms with Crippen LogP contribution in [0.25, 0.3) is 0 Å². The maximum Gasteiger partial charge on any atom is 0.133 e. The summed E-state index contributed by atoms with van der Waals surface area (Å²) >= 11 is 2.27. The smallest absolute Gasteiger partial charge is 0.133 e. The van der Waals surface area contributed by atoms with Gasteiger partial charge in [-0.05, 0) is 49.5 Å². The number of likely N-dealkylation sites (N-methyl/N-ethyl adjacent to an activating group) is 1. The minimum atomic E-state index is 0.538.